The van der Waals surface area contributed by atoms with Gasteiger partial charge in [-0.1, -0.05) is 11.6 Å². The van der Waals surface area contributed by atoms with Gasteiger partial charge >= 0.3 is 0 Å². The highest BCUT2D eigenvalue weighted by atomic mass is 35.5. The molecule has 2 rings (SSSR count). The van der Waals surface area contributed by atoms with Crippen molar-refractivity contribution in [2.45, 2.75) is 18.8 Å². The third-order valence-electron chi connectivity index (χ3n) is 2.69. The average Bonchev–Trinajstić information content (AvgIpc) is 2.30. The van der Waals surface area contributed by atoms with Crippen molar-refractivity contribution in [3.05, 3.63) is 16.8 Å². The smallest absolute Gasteiger partial charge is 0.252 e. The fraction of sp³-hybridized carbons (Fsp3) is 0.600. The molecule has 1 saturated heterocycles. The van der Waals surface area contributed by atoms with E-state index >= 15 is 0 Å². The molecule has 4 nitrogen and oxygen atoms in total. The second-order valence-corrected chi connectivity index (χ2v) is 4.06. The maximum atomic E-state index is 6.01. The summed E-state index contributed by atoms with van der Waals surface area (Å²) in [7, 11) is 1.54. The molecule has 2 heterocycles. The SMILES string of the molecule is COc1nnc(C2CCNCC2)cc1Cl. The quantitative estimate of drug-likeness (QED) is 0.834. The van der Waals surface area contributed by atoms with Crippen molar-refractivity contribution < 1.29 is 4.74 Å². The molecule has 0 unspecified atom stereocenters. The maximum absolute atomic E-state index is 6.01. The lowest BCUT2D eigenvalue weighted by Crippen LogP contribution is -2.27. The first kappa shape index (κ1) is 10.6. The minimum absolute atomic E-state index is 0.398. The average molecular weight is 228 g/mol. The summed E-state index contributed by atoms with van der Waals surface area (Å²) in [6.07, 6.45) is 2.19. The number of nitrogens with one attached hydrogen (secondary N) is 1. The number of rotatable bonds is 2. The number of piperidine rings is 1. The molecule has 5 heteroatoms. The monoisotopic (exact) mass is 227 g/mol. The van der Waals surface area contributed by atoms with Crippen molar-refractivity contribution in [1.82, 2.24) is 15.5 Å². The van der Waals surface area contributed by atoms with Crippen molar-refractivity contribution in [2.24, 2.45) is 0 Å². The minimum atomic E-state index is 0.398. The number of nitrogens with zero attached hydrogens (tertiary/aromatic N) is 2. The molecule has 1 aliphatic rings. The molecule has 1 aromatic heterocycles. The van der Waals surface area contributed by atoms with Gasteiger partial charge in [0, 0.05) is 5.92 Å². The van der Waals surface area contributed by atoms with E-state index in [1.807, 2.05) is 6.07 Å². The van der Waals surface area contributed by atoms with E-state index < -0.39 is 0 Å². The zero-order chi connectivity index (χ0) is 10.7. The number of halogens is 1. The van der Waals surface area contributed by atoms with Gasteiger partial charge in [0.2, 0.25) is 0 Å². The second-order valence-electron chi connectivity index (χ2n) is 3.65. The van der Waals surface area contributed by atoms with Crippen LogP contribution in [0.3, 0.4) is 0 Å². The molecule has 0 aromatic carbocycles. The van der Waals surface area contributed by atoms with Crippen molar-refractivity contribution in [3.63, 3.8) is 0 Å². The van der Waals surface area contributed by atoms with Gasteiger partial charge in [0.15, 0.2) is 0 Å². The third-order valence-corrected chi connectivity index (χ3v) is 2.96. The summed E-state index contributed by atoms with van der Waals surface area (Å²) in [5.41, 5.74) is 0.974. The van der Waals surface area contributed by atoms with E-state index in [0.717, 1.165) is 31.6 Å². The van der Waals surface area contributed by atoms with Gasteiger partial charge in [-0.3, -0.25) is 0 Å². The minimum Gasteiger partial charge on any atom is -0.479 e. The van der Waals surface area contributed by atoms with Crippen LogP contribution in [0.25, 0.3) is 0 Å². The summed E-state index contributed by atoms with van der Waals surface area (Å²) < 4.78 is 4.97. The lowest BCUT2D eigenvalue weighted by Gasteiger charge is -2.21. The van der Waals surface area contributed by atoms with Gasteiger partial charge < -0.3 is 10.1 Å². The van der Waals surface area contributed by atoms with E-state index in [1.165, 1.54) is 0 Å². The molecule has 0 spiro atoms. The fourth-order valence-electron chi connectivity index (χ4n) is 1.83. The first-order chi connectivity index (χ1) is 7.31. The molecular weight excluding hydrogens is 214 g/mol. The first-order valence-corrected chi connectivity index (χ1v) is 5.47. The normalized spacial score (nSPS) is 17.7. The summed E-state index contributed by atoms with van der Waals surface area (Å²) in [4.78, 5) is 0. The van der Waals surface area contributed by atoms with Crippen molar-refractivity contribution in [1.29, 1.82) is 0 Å². The van der Waals surface area contributed by atoms with Crippen molar-refractivity contribution >= 4 is 11.6 Å². The Morgan fingerprint density at radius 3 is 2.73 bits per heavy atom. The number of ether oxygens (including phenoxy) is 1. The molecule has 15 heavy (non-hydrogen) atoms. The molecular formula is C10H14ClN3O. The van der Waals surface area contributed by atoms with Gasteiger partial charge in [-0.05, 0) is 32.0 Å². The van der Waals surface area contributed by atoms with E-state index in [2.05, 4.69) is 15.5 Å². The van der Waals surface area contributed by atoms with Crippen LogP contribution in [0.1, 0.15) is 24.5 Å². The van der Waals surface area contributed by atoms with Crippen molar-refractivity contribution in [3.8, 4) is 5.88 Å². The molecule has 0 atom stereocenters. The Hall–Kier alpha value is -0.870. The van der Waals surface area contributed by atoms with Gasteiger partial charge in [0.25, 0.3) is 5.88 Å². The van der Waals surface area contributed by atoms with Crippen LogP contribution in [0.15, 0.2) is 6.07 Å². The van der Waals surface area contributed by atoms with Crippen LogP contribution in [0.2, 0.25) is 5.02 Å². The van der Waals surface area contributed by atoms with Crippen LogP contribution in [0.4, 0.5) is 0 Å². The Kier molecular flexibility index (Phi) is 3.38. The Morgan fingerprint density at radius 2 is 2.13 bits per heavy atom. The fourth-order valence-corrected chi connectivity index (χ4v) is 2.05. The summed E-state index contributed by atoms with van der Waals surface area (Å²) in [6.45, 7) is 2.08. The predicted octanol–water partition coefficient (Wildman–Crippen LogP) is 1.61. The van der Waals surface area contributed by atoms with Crippen LogP contribution in [-0.4, -0.2) is 30.4 Å². The van der Waals surface area contributed by atoms with Crippen LogP contribution in [0.5, 0.6) is 5.88 Å². The van der Waals surface area contributed by atoms with Gasteiger partial charge in [-0.25, -0.2) is 0 Å². The van der Waals surface area contributed by atoms with Crippen LogP contribution in [-0.2, 0) is 0 Å². The highest BCUT2D eigenvalue weighted by molar-refractivity contribution is 6.31. The zero-order valence-corrected chi connectivity index (χ0v) is 9.42. The molecule has 1 N–H and O–H groups in total. The molecule has 0 bridgehead atoms. The Labute approximate surface area is 94.0 Å². The number of methoxy groups -OCH3 is 1. The zero-order valence-electron chi connectivity index (χ0n) is 8.66. The third kappa shape index (κ3) is 2.38. The molecule has 0 saturated carbocycles. The van der Waals surface area contributed by atoms with E-state index in [-0.39, 0.29) is 0 Å². The van der Waals surface area contributed by atoms with Crippen LogP contribution >= 0.6 is 11.6 Å². The highest BCUT2D eigenvalue weighted by Crippen LogP contribution is 2.28. The molecule has 1 fully saturated rings. The number of aromatic nitrogens is 2. The van der Waals surface area contributed by atoms with Gasteiger partial charge in [-0.2, -0.15) is 5.10 Å². The summed E-state index contributed by atoms with van der Waals surface area (Å²) >= 11 is 6.01. The maximum Gasteiger partial charge on any atom is 0.252 e. The van der Waals surface area contributed by atoms with E-state index in [4.69, 9.17) is 16.3 Å². The highest BCUT2D eigenvalue weighted by Gasteiger charge is 2.18. The number of hydrogen-bond donors (Lipinski definition) is 1. The van der Waals surface area contributed by atoms with E-state index in [1.54, 1.807) is 7.11 Å². The summed E-state index contributed by atoms with van der Waals surface area (Å²) in [5.74, 6) is 0.872. The molecule has 0 amide bonds. The molecule has 1 aromatic rings. The topological polar surface area (TPSA) is 47.0 Å². The van der Waals surface area contributed by atoms with Gasteiger partial charge in [0.1, 0.15) is 5.02 Å². The Balaban J connectivity index is 2.17. The standard InChI is InChI=1S/C10H14ClN3O/c1-15-10-8(11)6-9(13-14-10)7-2-4-12-5-3-7/h6-7,12H,2-5H2,1H3. The van der Waals surface area contributed by atoms with Crippen LogP contribution in [0, 0.1) is 0 Å². The Morgan fingerprint density at radius 1 is 1.40 bits per heavy atom. The summed E-state index contributed by atoms with van der Waals surface area (Å²) in [6, 6.07) is 1.86. The second kappa shape index (κ2) is 4.77. The van der Waals surface area contributed by atoms with Gasteiger partial charge in [-0.15, -0.1) is 5.10 Å². The lowest BCUT2D eigenvalue weighted by atomic mass is 9.94. The van der Waals surface area contributed by atoms with E-state index in [0.29, 0.717) is 16.8 Å². The summed E-state index contributed by atoms with van der Waals surface area (Å²) in [5, 5.41) is 12.0. The van der Waals surface area contributed by atoms with Gasteiger partial charge in [0.05, 0.1) is 12.8 Å². The lowest BCUT2D eigenvalue weighted by molar-refractivity contribution is 0.387. The van der Waals surface area contributed by atoms with Crippen LogP contribution < -0.4 is 10.1 Å². The predicted molar refractivity (Wildman–Crippen MR) is 58.4 cm³/mol. The first-order valence-electron chi connectivity index (χ1n) is 5.09. The van der Waals surface area contributed by atoms with Crippen molar-refractivity contribution in [2.75, 3.05) is 20.2 Å². The molecule has 1 aliphatic heterocycles. The molecule has 82 valence electrons. The van der Waals surface area contributed by atoms with E-state index in [9.17, 15) is 0 Å². The Bertz CT molecular complexity index is 339. The largest absolute Gasteiger partial charge is 0.479 e. The number of hydrogen-bond acceptors (Lipinski definition) is 4. The molecule has 0 radical (unpaired) electrons. The molecule has 0 aliphatic carbocycles.